The zero-order valence-electron chi connectivity index (χ0n) is 18.8. The molecule has 172 valence electrons. The summed E-state index contributed by atoms with van der Waals surface area (Å²) in [6.45, 7) is 6.30. The molecule has 2 aromatic carbocycles. The predicted octanol–water partition coefficient (Wildman–Crippen LogP) is 4.24. The van der Waals surface area contributed by atoms with E-state index in [0.29, 0.717) is 28.8 Å². The van der Waals surface area contributed by atoms with Crippen LogP contribution in [0.5, 0.6) is 11.5 Å². The minimum Gasteiger partial charge on any atom is -0.495 e. The highest BCUT2D eigenvalue weighted by molar-refractivity contribution is 6.39. The molecule has 1 aromatic heterocycles. The minimum absolute atomic E-state index is 0.476. The Labute approximate surface area is 197 Å². The summed E-state index contributed by atoms with van der Waals surface area (Å²) in [6.07, 6.45) is 1.49. The van der Waals surface area contributed by atoms with Crippen molar-refractivity contribution in [3.05, 3.63) is 70.5 Å². The number of carbonyl (C=O) groups excluding carboxylic acids is 2. The molecule has 0 bridgehead atoms. The monoisotopic (exact) mass is 468 g/mol. The number of hydrogen-bond donors (Lipinski definition) is 2. The van der Waals surface area contributed by atoms with Crippen LogP contribution in [0.1, 0.15) is 23.9 Å². The molecule has 0 fully saturated rings. The Bertz CT molecular complexity index is 1190. The number of methoxy groups -OCH3 is 1. The average molecular weight is 469 g/mol. The van der Waals surface area contributed by atoms with Crippen molar-refractivity contribution in [3.8, 4) is 17.2 Å². The van der Waals surface area contributed by atoms with Crippen LogP contribution in [-0.4, -0.2) is 36.3 Å². The number of benzene rings is 2. The largest absolute Gasteiger partial charge is 0.495 e. The lowest BCUT2D eigenvalue weighted by Gasteiger charge is -2.11. The van der Waals surface area contributed by atoms with Gasteiger partial charge in [-0.1, -0.05) is 11.6 Å². The smallest absolute Gasteiger partial charge is 0.329 e. The van der Waals surface area contributed by atoms with Gasteiger partial charge >= 0.3 is 11.8 Å². The van der Waals surface area contributed by atoms with E-state index in [2.05, 4.69) is 15.8 Å². The van der Waals surface area contributed by atoms with Crippen molar-refractivity contribution < 1.29 is 19.1 Å². The van der Waals surface area contributed by atoms with Gasteiger partial charge in [0.2, 0.25) is 0 Å². The number of aryl methyl sites for hydroxylation is 1. The number of halogens is 1. The van der Waals surface area contributed by atoms with Gasteiger partial charge in [-0.3, -0.25) is 9.59 Å². The van der Waals surface area contributed by atoms with Gasteiger partial charge in [0, 0.05) is 28.3 Å². The lowest BCUT2D eigenvalue weighted by atomic mass is 10.2. The van der Waals surface area contributed by atoms with Crippen LogP contribution in [0.4, 0.5) is 5.69 Å². The lowest BCUT2D eigenvalue weighted by Crippen LogP contribution is -2.32. The number of rotatable bonds is 7. The first-order chi connectivity index (χ1) is 15.8. The third kappa shape index (κ3) is 5.72. The van der Waals surface area contributed by atoms with Crippen LogP contribution >= 0.6 is 11.6 Å². The molecule has 9 heteroatoms. The zero-order chi connectivity index (χ0) is 24.0. The van der Waals surface area contributed by atoms with E-state index in [4.69, 9.17) is 21.1 Å². The molecule has 0 aliphatic carbocycles. The predicted molar refractivity (Wildman–Crippen MR) is 129 cm³/mol. The molecule has 8 nitrogen and oxygen atoms in total. The van der Waals surface area contributed by atoms with Crippen molar-refractivity contribution in [1.29, 1.82) is 0 Å². The number of anilines is 1. The first-order valence-electron chi connectivity index (χ1n) is 10.2. The van der Waals surface area contributed by atoms with Crippen molar-refractivity contribution in [3.63, 3.8) is 0 Å². The molecule has 0 unspecified atom stereocenters. The van der Waals surface area contributed by atoms with Crippen LogP contribution in [0.25, 0.3) is 5.69 Å². The van der Waals surface area contributed by atoms with Gasteiger partial charge in [0.05, 0.1) is 25.0 Å². The summed E-state index contributed by atoms with van der Waals surface area (Å²) in [6, 6.07) is 14.2. The molecule has 0 spiro atoms. The molecule has 0 radical (unpaired) electrons. The maximum Gasteiger partial charge on any atom is 0.329 e. The molecular weight excluding hydrogens is 444 g/mol. The van der Waals surface area contributed by atoms with Gasteiger partial charge in [0.1, 0.15) is 11.5 Å². The maximum atomic E-state index is 12.1. The van der Waals surface area contributed by atoms with Gasteiger partial charge in [-0.15, -0.1) is 0 Å². The number of carbonyl (C=O) groups is 2. The number of hydrazone groups is 1. The fourth-order valence-corrected chi connectivity index (χ4v) is 3.56. The number of nitrogens with zero attached hydrogens (tertiary/aromatic N) is 2. The summed E-state index contributed by atoms with van der Waals surface area (Å²) in [5, 5.41) is 6.95. The number of aromatic nitrogens is 1. The molecule has 0 saturated heterocycles. The van der Waals surface area contributed by atoms with E-state index in [1.54, 1.807) is 37.4 Å². The second-order valence-corrected chi connectivity index (χ2v) is 7.50. The second-order valence-electron chi connectivity index (χ2n) is 7.09. The molecule has 2 amide bonds. The minimum atomic E-state index is -0.879. The van der Waals surface area contributed by atoms with Gasteiger partial charge in [-0.2, -0.15) is 5.10 Å². The van der Waals surface area contributed by atoms with Gasteiger partial charge in [0.15, 0.2) is 0 Å². The molecule has 33 heavy (non-hydrogen) atoms. The quantitative estimate of drug-likeness (QED) is 0.308. The highest BCUT2D eigenvalue weighted by atomic mass is 35.5. The average Bonchev–Trinajstić information content (AvgIpc) is 3.08. The van der Waals surface area contributed by atoms with Gasteiger partial charge < -0.3 is 19.4 Å². The third-order valence-electron chi connectivity index (χ3n) is 4.86. The van der Waals surface area contributed by atoms with E-state index >= 15 is 0 Å². The van der Waals surface area contributed by atoms with Gasteiger partial charge in [-0.05, 0) is 69.3 Å². The number of ether oxygens (including phenoxy) is 2. The van der Waals surface area contributed by atoms with E-state index in [0.717, 1.165) is 22.6 Å². The SMILES string of the molecule is CCOc1ccc(NC(=O)C(=O)N/N=C\c2cc(C)n(-c3ccc(OC)c(Cl)c3)c2C)cc1. The van der Waals surface area contributed by atoms with Crippen LogP contribution < -0.4 is 20.2 Å². The topological polar surface area (TPSA) is 94.0 Å². The molecule has 0 atom stereocenters. The molecule has 3 rings (SSSR count). The lowest BCUT2D eigenvalue weighted by molar-refractivity contribution is -0.136. The molecule has 0 aliphatic heterocycles. The Balaban J connectivity index is 1.65. The van der Waals surface area contributed by atoms with Crippen molar-refractivity contribution in [1.82, 2.24) is 9.99 Å². The first kappa shape index (κ1) is 23.9. The van der Waals surface area contributed by atoms with E-state index in [-0.39, 0.29) is 0 Å². The zero-order valence-corrected chi connectivity index (χ0v) is 19.6. The summed E-state index contributed by atoms with van der Waals surface area (Å²) in [5.41, 5.74) is 6.23. The highest BCUT2D eigenvalue weighted by Gasteiger charge is 2.14. The van der Waals surface area contributed by atoms with Crippen LogP contribution in [0.3, 0.4) is 0 Å². The summed E-state index contributed by atoms with van der Waals surface area (Å²) in [5.74, 6) is -0.430. The molecule has 1 heterocycles. The molecule has 3 aromatic rings. The standard InChI is InChI=1S/C24H25ClN4O4/c1-5-33-20-9-6-18(7-10-20)27-23(30)24(31)28-26-14-17-12-15(2)29(16(17)3)19-8-11-22(32-4)21(25)13-19/h6-14H,5H2,1-4H3,(H,27,30)(H,28,31)/b26-14-. The Morgan fingerprint density at radius 2 is 1.82 bits per heavy atom. The summed E-state index contributed by atoms with van der Waals surface area (Å²) in [7, 11) is 1.56. The second kappa shape index (κ2) is 10.7. The number of amides is 2. The third-order valence-corrected chi connectivity index (χ3v) is 5.16. The Kier molecular flexibility index (Phi) is 7.74. The Morgan fingerprint density at radius 3 is 2.45 bits per heavy atom. The molecule has 0 saturated carbocycles. The molecule has 2 N–H and O–H groups in total. The first-order valence-corrected chi connectivity index (χ1v) is 10.6. The summed E-state index contributed by atoms with van der Waals surface area (Å²) >= 11 is 6.26. The van der Waals surface area contributed by atoms with Crippen LogP contribution in [0, 0.1) is 13.8 Å². The van der Waals surface area contributed by atoms with Gasteiger partial charge in [0.25, 0.3) is 0 Å². The fourth-order valence-electron chi connectivity index (χ4n) is 3.31. The molecule has 0 aliphatic rings. The maximum absolute atomic E-state index is 12.1. The number of nitrogens with one attached hydrogen (secondary N) is 2. The van der Waals surface area contributed by atoms with Crippen LogP contribution in [-0.2, 0) is 9.59 Å². The highest BCUT2D eigenvalue weighted by Crippen LogP contribution is 2.29. The fraction of sp³-hybridized carbons (Fsp3) is 0.208. The van der Waals surface area contributed by atoms with Crippen molar-refractivity contribution in [2.75, 3.05) is 19.0 Å². The van der Waals surface area contributed by atoms with E-state index < -0.39 is 11.8 Å². The van der Waals surface area contributed by atoms with Crippen LogP contribution in [0.2, 0.25) is 5.02 Å². The Morgan fingerprint density at radius 1 is 1.09 bits per heavy atom. The number of hydrogen-bond acceptors (Lipinski definition) is 5. The van der Waals surface area contributed by atoms with E-state index in [9.17, 15) is 9.59 Å². The molecular formula is C24H25ClN4O4. The summed E-state index contributed by atoms with van der Waals surface area (Å²) in [4.78, 5) is 24.2. The van der Waals surface area contributed by atoms with Crippen LogP contribution in [0.15, 0.2) is 53.6 Å². The van der Waals surface area contributed by atoms with Crippen molar-refractivity contribution >= 4 is 35.3 Å². The normalized spacial score (nSPS) is 10.8. The van der Waals surface area contributed by atoms with Crippen molar-refractivity contribution in [2.24, 2.45) is 5.10 Å². The Hall–Kier alpha value is -3.78. The van der Waals surface area contributed by atoms with Gasteiger partial charge in [-0.25, -0.2) is 5.43 Å². The van der Waals surface area contributed by atoms with E-state index in [1.165, 1.54) is 6.21 Å². The van der Waals surface area contributed by atoms with Crippen molar-refractivity contribution in [2.45, 2.75) is 20.8 Å². The van der Waals surface area contributed by atoms with E-state index in [1.807, 2.05) is 43.5 Å². The summed E-state index contributed by atoms with van der Waals surface area (Å²) < 4.78 is 12.6.